The number of hydrogen-bond donors (Lipinski definition) is 0. The third kappa shape index (κ3) is 67.8. The maximum atomic E-state index is 12.9. The van der Waals surface area contributed by atoms with Gasteiger partial charge in [-0.15, -0.1) is 0 Å². The molecule has 0 aromatic carbocycles. The molecular formula is C76H135NO8. The number of hydrogen-bond acceptors (Lipinski definition) is 8. The van der Waals surface area contributed by atoms with Crippen LogP contribution in [-0.4, -0.2) is 82.3 Å². The van der Waals surface area contributed by atoms with E-state index in [4.69, 9.17) is 18.9 Å². The van der Waals surface area contributed by atoms with Crippen LogP contribution in [0.1, 0.15) is 322 Å². The van der Waals surface area contributed by atoms with E-state index >= 15 is 0 Å². The number of carboxylic acid groups (broad SMARTS) is 1. The molecule has 0 aromatic rings. The molecule has 0 saturated carbocycles. The number of esters is 2. The highest BCUT2D eigenvalue weighted by atomic mass is 16.7. The molecule has 0 bridgehead atoms. The highest BCUT2D eigenvalue weighted by molar-refractivity contribution is 5.70. The van der Waals surface area contributed by atoms with Gasteiger partial charge in [0.15, 0.2) is 12.4 Å². The van der Waals surface area contributed by atoms with Gasteiger partial charge in [0.1, 0.15) is 13.2 Å². The lowest BCUT2D eigenvalue weighted by atomic mass is 10.0. The van der Waals surface area contributed by atoms with Gasteiger partial charge in [0.05, 0.1) is 40.3 Å². The van der Waals surface area contributed by atoms with Crippen molar-refractivity contribution in [2.75, 3.05) is 47.5 Å². The van der Waals surface area contributed by atoms with E-state index in [1.54, 1.807) is 0 Å². The van der Waals surface area contributed by atoms with Crippen LogP contribution in [0.25, 0.3) is 0 Å². The number of allylic oxidation sites excluding steroid dienone is 14. The van der Waals surface area contributed by atoms with Gasteiger partial charge in [-0.2, -0.15) is 0 Å². The Bertz CT molecular complexity index is 1670. The smallest absolute Gasteiger partial charge is 0.306 e. The van der Waals surface area contributed by atoms with Crippen LogP contribution in [0.4, 0.5) is 0 Å². The number of carbonyl (C=O) groups is 3. The summed E-state index contributed by atoms with van der Waals surface area (Å²) in [6.45, 7) is 4.66. The summed E-state index contributed by atoms with van der Waals surface area (Å²) >= 11 is 0. The van der Waals surface area contributed by atoms with Gasteiger partial charge in [-0.25, -0.2) is 0 Å². The number of nitrogens with zero attached hydrogens (tertiary/aromatic N) is 1. The molecule has 0 fully saturated rings. The minimum Gasteiger partial charge on any atom is -0.545 e. The molecule has 0 aliphatic heterocycles. The number of carbonyl (C=O) groups excluding carboxylic acids is 3. The molecule has 0 spiro atoms. The first-order chi connectivity index (χ1) is 41.6. The minimum absolute atomic E-state index is 0.146. The van der Waals surface area contributed by atoms with Crippen LogP contribution >= 0.6 is 0 Å². The van der Waals surface area contributed by atoms with Crippen LogP contribution in [0.15, 0.2) is 85.1 Å². The van der Waals surface area contributed by atoms with E-state index in [1.807, 2.05) is 21.1 Å². The SMILES string of the molecule is CC/C=C\C/C=C\C/C=C\C/C=C\CCCCCCCCCCCCCCCCC(=O)OC(COC(=O)CCCCCCCCCCCCCCCCCCCC/C=C\C/C=C\C/C=C\CCCCCCC)COC(OCC[N+](C)(C)C)C(=O)[O-]. The van der Waals surface area contributed by atoms with E-state index < -0.39 is 24.3 Å². The highest BCUT2D eigenvalue weighted by Gasteiger charge is 2.22. The second-order valence-corrected chi connectivity index (χ2v) is 25.1. The van der Waals surface area contributed by atoms with E-state index in [0.29, 0.717) is 23.9 Å². The van der Waals surface area contributed by atoms with Gasteiger partial charge in [0.2, 0.25) is 0 Å². The molecule has 0 aliphatic carbocycles. The largest absolute Gasteiger partial charge is 0.545 e. The normalized spacial score (nSPS) is 13.2. The summed E-state index contributed by atoms with van der Waals surface area (Å²) in [5.41, 5.74) is 0. The summed E-state index contributed by atoms with van der Waals surface area (Å²) in [5.74, 6) is -2.27. The molecule has 9 heteroatoms. The average molecular weight is 1190 g/mol. The molecule has 0 heterocycles. The van der Waals surface area contributed by atoms with Crippen molar-refractivity contribution in [1.29, 1.82) is 0 Å². The van der Waals surface area contributed by atoms with Gasteiger partial charge < -0.3 is 33.3 Å². The molecule has 0 amide bonds. The van der Waals surface area contributed by atoms with E-state index in [9.17, 15) is 19.5 Å². The van der Waals surface area contributed by atoms with Gasteiger partial charge in [0.25, 0.3) is 0 Å². The standard InChI is InChI=1S/C76H135NO8/c1-6-8-10-12-14-16-18-20-22-24-26-28-30-32-34-35-36-37-38-39-41-42-44-46-48-50-52-54-56-58-60-62-64-66-73(78)83-70-72(71-84-76(75(80)81)82-69-68-77(3,4)5)85-74(79)67-65-63-61-59-57-55-53-51-49-47-45-43-40-33-31-29-27-25-23-21-19-17-15-13-11-9-7-2/h9,11,15,17-18,20-21,23-24,26-27,29-30,32,72,76H,6-8,10,12-14,16,19,22,25,28,31,33-71H2,1-5H3/b11-9-,17-15-,20-18-,23-21-,26-24-,29-27-,32-30-. The van der Waals surface area contributed by atoms with E-state index in [-0.39, 0.29) is 32.2 Å². The topological polar surface area (TPSA) is 111 Å². The van der Waals surface area contributed by atoms with Gasteiger partial charge in [-0.3, -0.25) is 9.59 Å². The van der Waals surface area contributed by atoms with Crippen LogP contribution < -0.4 is 5.11 Å². The van der Waals surface area contributed by atoms with Crippen molar-refractivity contribution in [2.24, 2.45) is 0 Å². The van der Waals surface area contributed by atoms with Crippen LogP contribution in [-0.2, 0) is 33.3 Å². The summed E-state index contributed by atoms with van der Waals surface area (Å²) in [5, 5.41) is 11.8. The monoisotopic (exact) mass is 1190 g/mol. The average Bonchev–Trinajstić information content (AvgIpc) is 3.48. The zero-order valence-corrected chi connectivity index (χ0v) is 56.2. The van der Waals surface area contributed by atoms with Gasteiger partial charge in [-0.05, 0) is 89.9 Å². The van der Waals surface area contributed by atoms with E-state index in [0.717, 1.165) is 77.0 Å². The Morgan fingerprint density at radius 1 is 0.365 bits per heavy atom. The van der Waals surface area contributed by atoms with Crippen molar-refractivity contribution in [3.63, 3.8) is 0 Å². The van der Waals surface area contributed by atoms with Crippen molar-refractivity contribution in [3.8, 4) is 0 Å². The van der Waals surface area contributed by atoms with Gasteiger partial charge in [-0.1, -0.05) is 304 Å². The number of likely N-dealkylation sites (N-methyl/N-ethyl adjacent to an activating group) is 1. The second-order valence-electron chi connectivity index (χ2n) is 25.1. The number of unbranched alkanes of at least 4 members (excludes halogenated alkanes) is 37. The maximum absolute atomic E-state index is 12.9. The molecule has 0 saturated heterocycles. The second kappa shape index (κ2) is 66.4. The molecule has 0 aliphatic rings. The lowest BCUT2D eigenvalue weighted by Crippen LogP contribution is -2.44. The molecule has 85 heavy (non-hydrogen) atoms. The quantitative estimate of drug-likeness (QED) is 0.0195. The fraction of sp³-hybridized carbons (Fsp3) is 0.776. The van der Waals surface area contributed by atoms with Crippen molar-refractivity contribution in [2.45, 2.75) is 334 Å². The Balaban J connectivity index is 4.07. The predicted octanol–water partition coefficient (Wildman–Crippen LogP) is 20.9. The summed E-state index contributed by atoms with van der Waals surface area (Å²) < 4.78 is 22.8. The molecule has 0 N–H and O–H groups in total. The first-order valence-electron chi connectivity index (χ1n) is 35.7. The maximum Gasteiger partial charge on any atom is 0.306 e. The van der Waals surface area contributed by atoms with Crippen LogP contribution in [0.2, 0.25) is 0 Å². The first kappa shape index (κ1) is 81.5. The Morgan fingerprint density at radius 3 is 1.00 bits per heavy atom. The third-order valence-corrected chi connectivity index (χ3v) is 15.6. The molecule has 2 unspecified atom stereocenters. The highest BCUT2D eigenvalue weighted by Crippen LogP contribution is 2.18. The molecule has 9 nitrogen and oxygen atoms in total. The Kier molecular flexibility index (Phi) is 63.7. The zero-order chi connectivity index (χ0) is 61.9. The fourth-order valence-electron chi connectivity index (χ4n) is 10.2. The number of carboxylic acids is 1. The molecule has 0 radical (unpaired) electrons. The first-order valence-corrected chi connectivity index (χ1v) is 35.7. The molecule has 0 aromatic heterocycles. The van der Waals surface area contributed by atoms with Crippen LogP contribution in [0, 0.1) is 0 Å². The Hall–Kier alpha value is -3.53. The lowest BCUT2D eigenvalue weighted by molar-refractivity contribution is -0.870. The van der Waals surface area contributed by atoms with E-state index in [2.05, 4.69) is 98.9 Å². The Morgan fingerprint density at radius 2 is 0.671 bits per heavy atom. The Labute approximate surface area is 525 Å². The van der Waals surface area contributed by atoms with Crippen molar-refractivity contribution >= 4 is 17.9 Å². The fourth-order valence-corrected chi connectivity index (χ4v) is 10.2. The van der Waals surface area contributed by atoms with E-state index in [1.165, 1.54) is 212 Å². The number of ether oxygens (including phenoxy) is 4. The number of aliphatic carboxylic acids is 1. The number of quaternary nitrogens is 1. The number of rotatable bonds is 66. The summed E-state index contributed by atoms with van der Waals surface area (Å²) in [7, 11) is 5.94. The molecular weight excluding hydrogens is 1050 g/mol. The van der Waals surface area contributed by atoms with Crippen molar-refractivity contribution < 1.29 is 42.9 Å². The van der Waals surface area contributed by atoms with Crippen LogP contribution in [0.3, 0.4) is 0 Å². The third-order valence-electron chi connectivity index (χ3n) is 15.6. The van der Waals surface area contributed by atoms with Gasteiger partial charge >= 0.3 is 11.9 Å². The molecule has 2 atom stereocenters. The van der Waals surface area contributed by atoms with Crippen molar-refractivity contribution in [1.82, 2.24) is 0 Å². The molecule has 492 valence electrons. The van der Waals surface area contributed by atoms with Gasteiger partial charge in [0, 0.05) is 12.8 Å². The minimum atomic E-state index is -1.62. The van der Waals surface area contributed by atoms with Crippen molar-refractivity contribution in [3.05, 3.63) is 85.1 Å². The zero-order valence-electron chi connectivity index (χ0n) is 56.2. The summed E-state index contributed by atoms with van der Waals surface area (Å²) in [6.07, 6.45) is 86.7. The summed E-state index contributed by atoms with van der Waals surface area (Å²) in [6, 6.07) is 0. The lowest BCUT2D eigenvalue weighted by Gasteiger charge is -2.26. The van der Waals surface area contributed by atoms with Crippen LogP contribution in [0.5, 0.6) is 0 Å². The molecule has 0 rings (SSSR count). The summed E-state index contributed by atoms with van der Waals surface area (Å²) in [4.78, 5) is 37.5. The predicted molar refractivity (Wildman–Crippen MR) is 361 cm³/mol.